The summed E-state index contributed by atoms with van der Waals surface area (Å²) < 4.78 is 31.3. The molecule has 1 atom stereocenters. The van der Waals surface area contributed by atoms with Gasteiger partial charge in [0.1, 0.15) is 18.3 Å². The van der Waals surface area contributed by atoms with E-state index in [-0.39, 0.29) is 12.5 Å². The Bertz CT molecular complexity index is 1040. The lowest BCUT2D eigenvalue weighted by Crippen LogP contribution is -2.51. The van der Waals surface area contributed by atoms with Gasteiger partial charge in [-0.2, -0.15) is 0 Å². The van der Waals surface area contributed by atoms with Gasteiger partial charge in [-0.15, -0.1) is 0 Å². The van der Waals surface area contributed by atoms with E-state index in [0.717, 1.165) is 21.7 Å². The van der Waals surface area contributed by atoms with Gasteiger partial charge in [0.15, 0.2) is 0 Å². The molecule has 0 aromatic heterocycles. The molecular formula is C23H31N3O5S. The summed E-state index contributed by atoms with van der Waals surface area (Å²) in [7, 11) is -2.18. The monoisotopic (exact) mass is 461 g/mol. The zero-order chi connectivity index (χ0) is 23.9. The smallest absolute Gasteiger partial charge is 0.244 e. The molecule has 1 unspecified atom stereocenters. The number of hydrogen-bond donors (Lipinski definition) is 1. The third-order valence-electron chi connectivity index (χ3n) is 5.09. The van der Waals surface area contributed by atoms with Crippen molar-refractivity contribution in [2.75, 3.05) is 30.8 Å². The number of carbonyl (C=O) groups is 2. The largest absolute Gasteiger partial charge is 0.497 e. The number of para-hydroxylation sites is 1. The zero-order valence-electron chi connectivity index (χ0n) is 19.2. The van der Waals surface area contributed by atoms with E-state index >= 15 is 0 Å². The third-order valence-corrected chi connectivity index (χ3v) is 6.22. The van der Waals surface area contributed by atoms with Gasteiger partial charge in [-0.05, 0) is 50.1 Å². The molecule has 8 nitrogen and oxygen atoms in total. The average Bonchev–Trinajstić information content (AvgIpc) is 2.75. The first-order chi connectivity index (χ1) is 15.1. The van der Waals surface area contributed by atoms with Crippen LogP contribution in [-0.4, -0.2) is 57.6 Å². The van der Waals surface area contributed by atoms with Gasteiger partial charge in [0.2, 0.25) is 21.8 Å². The summed E-state index contributed by atoms with van der Waals surface area (Å²) in [4.78, 5) is 27.3. The number of carbonyl (C=O) groups excluding carboxylic acids is 2. The summed E-state index contributed by atoms with van der Waals surface area (Å²) in [6, 6.07) is 13.3. The second-order valence-corrected chi connectivity index (χ2v) is 9.40. The molecule has 174 valence electrons. The predicted octanol–water partition coefficient (Wildman–Crippen LogP) is 2.32. The predicted molar refractivity (Wildman–Crippen MR) is 125 cm³/mol. The minimum absolute atomic E-state index is 0.145. The molecule has 0 spiro atoms. The second kappa shape index (κ2) is 11.0. The Morgan fingerprint density at radius 2 is 1.72 bits per heavy atom. The van der Waals surface area contributed by atoms with Gasteiger partial charge in [0, 0.05) is 13.1 Å². The van der Waals surface area contributed by atoms with Crippen molar-refractivity contribution < 1.29 is 22.7 Å². The maximum absolute atomic E-state index is 13.4. The van der Waals surface area contributed by atoms with Gasteiger partial charge >= 0.3 is 0 Å². The van der Waals surface area contributed by atoms with Crippen LogP contribution in [0.25, 0.3) is 0 Å². The molecule has 0 fully saturated rings. The number of ether oxygens (including phenoxy) is 1. The molecule has 32 heavy (non-hydrogen) atoms. The molecule has 9 heteroatoms. The molecule has 2 aromatic rings. The van der Waals surface area contributed by atoms with Crippen molar-refractivity contribution in [2.24, 2.45) is 0 Å². The number of likely N-dealkylation sites (N-methyl/N-ethyl adjacent to an activating group) is 1. The van der Waals surface area contributed by atoms with Crippen LogP contribution < -0.4 is 14.4 Å². The van der Waals surface area contributed by atoms with Crippen LogP contribution in [0.15, 0.2) is 48.5 Å². The maximum atomic E-state index is 13.4. The Morgan fingerprint density at radius 1 is 1.09 bits per heavy atom. The number of rotatable bonds is 10. The van der Waals surface area contributed by atoms with Crippen LogP contribution in [0.5, 0.6) is 5.75 Å². The minimum Gasteiger partial charge on any atom is -0.497 e. The highest BCUT2D eigenvalue weighted by Gasteiger charge is 2.30. The molecule has 0 saturated carbocycles. The van der Waals surface area contributed by atoms with Crippen LogP contribution in [0.1, 0.15) is 25.0 Å². The summed E-state index contributed by atoms with van der Waals surface area (Å²) in [5, 5.41) is 2.72. The van der Waals surface area contributed by atoms with E-state index in [1.54, 1.807) is 76.4 Å². The molecule has 1 N–H and O–H groups in total. The number of nitrogens with zero attached hydrogens (tertiary/aromatic N) is 2. The van der Waals surface area contributed by atoms with Crippen LogP contribution in [0.4, 0.5) is 5.69 Å². The third kappa shape index (κ3) is 6.46. The van der Waals surface area contributed by atoms with Crippen LogP contribution >= 0.6 is 0 Å². The van der Waals surface area contributed by atoms with Crippen molar-refractivity contribution in [3.05, 3.63) is 59.7 Å². The second-order valence-electron chi connectivity index (χ2n) is 7.50. The molecule has 2 amide bonds. The van der Waals surface area contributed by atoms with Gasteiger partial charge in [0.25, 0.3) is 0 Å². The van der Waals surface area contributed by atoms with Crippen LogP contribution in [0, 0.1) is 6.92 Å². The molecular weight excluding hydrogens is 430 g/mol. The van der Waals surface area contributed by atoms with Crippen LogP contribution in [0.3, 0.4) is 0 Å². The summed E-state index contributed by atoms with van der Waals surface area (Å²) in [5.74, 6) is -0.115. The van der Waals surface area contributed by atoms with E-state index in [1.807, 2.05) is 0 Å². The van der Waals surface area contributed by atoms with Crippen molar-refractivity contribution in [1.29, 1.82) is 0 Å². The zero-order valence-corrected chi connectivity index (χ0v) is 20.0. The number of anilines is 1. The summed E-state index contributed by atoms with van der Waals surface area (Å²) in [6.45, 7) is 5.36. The van der Waals surface area contributed by atoms with E-state index in [1.165, 1.54) is 4.90 Å². The van der Waals surface area contributed by atoms with E-state index in [4.69, 9.17) is 4.74 Å². The highest BCUT2D eigenvalue weighted by molar-refractivity contribution is 7.92. The van der Waals surface area contributed by atoms with E-state index in [2.05, 4.69) is 5.32 Å². The number of hydrogen-bond acceptors (Lipinski definition) is 5. The topological polar surface area (TPSA) is 96.0 Å². The normalized spacial score (nSPS) is 12.0. The van der Waals surface area contributed by atoms with Crippen molar-refractivity contribution >= 4 is 27.5 Å². The number of nitrogens with one attached hydrogen (secondary N) is 1. The number of aryl methyl sites for hydroxylation is 1. The summed E-state index contributed by atoms with van der Waals surface area (Å²) in [5.41, 5.74) is 1.94. The van der Waals surface area contributed by atoms with Crippen LogP contribution in [0.2, 0.25) is 0 Å². The van der Waals surface area contributed by atoms with E-state index in [9.17, 15) is 18.0 Å². The number of methoxy groups -OCH3 is 1. The molecule has 0 aliphatic rings. The quantitative estimate of drug-likeness (QED) is 0.586. The summed E-state index contributed by atoms with van der Waals surface area (Å²) >= 11 is 0. The Balaban J connectivity index is 2.38. The fourth-order valence-corrected chi connectivity index (χ4v) is 4.18. The number of benzene rings is 2. The molecule has 0 saturated heterocycles. The van der Waals surface area contributed by atoms with Crippen molar-refractivity contribution in [1.82, 2.24) is 10.2 Å². The molecule has 2 rings (SSSR count). The minimum atomic E-state index is -3.74. The highest BCUT2D eigenvalue weighted by Crippen LogP contribution is 2.23. The molecule has 0 radical (unpaired) electrons. The lowest BCUT2D eigenvalue weighted by molar-refractivity contribution is -0.139. The molecule has 0 heterocycles. The van der Waals surface area contributed by atoms with Gasteiger partial charge in [-0.3, -0.25) is 13.9 Å². The Kier molecular flexibility index (Phi) is 8.65. The fraction of sp³-hybridized carbons (Fsp3) is 0.391. The Labute approximate surface area is 190 Å². The Hall–Kier alpha value is -3.07. The Morgan fingerprint density at radius 3 is 2.25 bits per heavy atom. The van der Waals surface area contributed by atoms with Crippen molar-refractivity contribution in [2.45, 2.75) is 33.4 Å². The lowest BCUT2D eigenvalue weighted by atomic mass is 10.1. The maximum Gasteiger partial charge on any atom is 0.244 e. The number of sulfonamides is 1. The van der Waals surface area contributed by atoms with E-state index < -0.39 is 28.5 Å². The van der Waals surface area contributed by atoms with E-state index in [0.29, 0.717) is 18.0 Å². The number of amides is 2. The average molecular weight is 462 g/mol. The SMILES string of the molecule is CCNC(=O)C(C)N(Cc1ccc(OC)cc1)C(=O)CN(c1ccccc1C)S(C)(=O)=O. The van der Waals surface area contributed by atoms with Crippen LogP contribution in [-0.2, 0) is 26.2 Å². The highest BCUT2D eigenvalue weighted by atomic mass is 32.2. The molecule has 0 aliphatic carbocycles. The van der Waals surface area contributed by atoms with Gasteiger partial charge in [-0.25, -0.2) is 8.42 Å². The van der Waals surface area contributed by atoms with Gasteiger partial charge in [-0.1, -0.05) is 30.3 Å². The van der Waals surface area contributed by atoms with Crippen molar-refractivity contribution in [3.8, 4) is 5.75 Å². The standard InChI is InChI=1S/C23H31N3O5S/c1-6-24-23(28)18(3)25(15-19-11-13-20(31-4)14-12-19)22(27)16-26(32(5,29)30)21-10-8-7-9-17(21)2/h7-14,18H,6,15-16H2,1-5H3,(H,24,28). The molecule has 2 aromatic carbocycles. The van der Waals surface area contributed by atoms with Crippen molar-refractivity contribution in [3.63, 3.8) is 0 Å². The van der Waals surface area contributed by atoms with Gasteiger partial charge in [0.05, 0.1) is 19.1 Å². The molecule has 0 aliphatic heterocycles. The first kappa shape index (κ1) is 25.2. The van der Waals surface area contributed by atoms with Gasteiger partial charge < -0.3 is 15.0 Å². The first-order valence-corrected chi connectivity index (χ1v) is 12.2. The summed E-state index contributed by atoms with van der Waals surface area (Å²) in [6.07, 6.45) is 1.06. The molecule has 0 bridgehead atoms. The lowest BCUT2D eigenvalue weighted by Gasteiger charge is -2.31. The fourth-order valence-electron chi connectivity index (χ4n) is 3.27. The first-order valence-electron chi connectivity index (χ1n) is 10.3.